The maximum atomic E-state index is 15.7. The Morgan fingerprint density at radius 3 is 2.50 bits per heavy atom. The maximum Gasteiger partial charge on any atom is 0.299 e. The van der Waals surface area contributed by atoms with Crippen LogP contribution in [-0.2, 0) is 10.7 Å². The quantitative estimate of drug-likeness (QED) is 0.292. The molecule has 7 rings (SSSR count). The first kappa shape index (κ1) is 23.4. The van der Waals surface area contributed by atoms with Gasteiger partial charge < -0.3 is 20.9 Å². The number of carbonyl (C=O) groups excluding carboxylic acids is 1. The van der Waals surface area contributed by atoms with Crippen LogP contribution < -0.4 is 16.0 Å². The van der Waals surface area contributed by atoms with E-state index in [1.54, 1.807) is 24.3 Å². The molecule has 1 aromatic heterocycles. The molecule has 4 N–H and O–H groups in total. The summed E-state index contributed by atoms with van der Waals surface area (Å²) in [5, 5.41) is 8.91. The number of rotatable bonds is 4. The number of anilines is 1. The molecule has 0 bridgehead atoms. The average molecular weight is 518 g/mol. The van der Waals surface area contributed by atoms with Gasteiger partial charge in [-0.3, -0.25) is 4.79 Å². The topological polar surface area (TPSA) is 81.8 Å². The lowest BCUT2D eigenvalue weighted by molar-refractivity contribution is -0.117. The number of hydrogen-bond acceptors (Lipinski definition) is 4. The standard InChI is InChI=1S/C29H26F3N5O/c30-17-12-26(34-14-17)28(38)35-18-5-7-20-19-6-3-15(10-21(19)29(31,32)22(20)13-18)16-4-8-23-25(11-16)37-27(36-23)24-2-1-9-33-24/h3-8,10-11,13,17,24,26,33-34H,1-2,9,12,14H2,(H,35,38)(H,36,37)/t17-,24-,26-/m0/s1. The number of hydrogen-bond donors (Lipinski definition) is 4. The normalized spacial score (nSPS) is 23.5. The van der Waals surface area contributed by atoms with Crippen molar-refractivity contribution in [3.63, 3.8) is 0 Å². The Morgan fingerprint density at radius 2 is 1.74 bits per heavy atom. The summed E-state index contributed by atoms with van der Waals surface area (Å²) in [5.41, 5.74) is 4.20. The van der Waals surface area contributed by atoms with Crippen molar-refractivity contribution in [2.75, 3.05) is 18.4 Å². The van der Waals surface area contributed by atoms with Crippen molar-refractivity contribution in [1.82, 2.24) is 20.6 Å². The molecule has 1 aliphatic carbocycles. The lowest BCUT2D eigenvalue weighted by Crippen LogP contribution is -2.35. The third-order valence-electron chi connectivity index (χ3n) is 7.89. The van der Waals surface area contributed by atoms with E-state index in [0.717, 1.165) is 41.8 Å². The number of halogens is 3. The Kier molecular flexibility index (Phi) is 5.35. The van der Waals surface area contributed by atoms with Gasteiger partial charge in [0.25, 0.3) is 5.92 Å². The number of benzene rings is 3. The van der Waals surface area contributed by atoms with Gasteiger partial charge in [0.1, 0.15) is 12.0 Å². The highest BCUT2D eigenvalue weighted by Gasteiger charge is 2.44. The van der Waals surface area contributed by atoms with Gasteiger partial charge in [0, 0.05) is 29.8 Å². The van der Waals surface area contributed by atoms with Gasteiger partial charge in [-0.1, -0.05) is 24.3 Å². The second-order valence-electron chi connectivity index (χ2n) is 10.4. The molecule has 2 aliphatic heterocycles. The maximum absolute atomic E-state index is 15.7. The molecule has 3 aliphatic rings. The van der Waals surface area contributed by atoms with Crippen molar-refractivity contribution in [2.45, 2.75) is 43.4 Å². The number of alkyl halides is 3. The Bertz CT molecular complexity index is 1580. The van der Waals surface area contributed by atoms with Crippen molar-refractivity contribution in [3.05, 3.63) is 71.5 Å². The van der Waals surface area contributed by atoms with Gasteiger partial charge in [0.05, 0.1) is 23.1 Å². The Labute approximate surface area is 217 Å². The third-order valence-corrected chi connectivity index (χ3v) is 7.89. The molecule has 9 heteroatoms. The molecule has 2 fully saturated rings. The molecule has 0 unspecified atom stereocenters. The number of imidazole rings is 1. The van der Waals surface area contributed by atoms with Gasteiger partial charge in [0.15, 0.2) is 0 Å². The van der Waals surface area contributed by atoms with E-state index in [-0.39, 0.29) is 35.8 Å². The van der Waals surface area contributed by atoms with Crippen LogP contribution in [0, 0.1) is 0 Å². The van der Waals surface area contributed by atoms with Crippen LogP contribution in [0.1, 0.15) is 42.3 Å². The smallest absolute Gasteiger partial charge is 0.299 e. The predicted octanol–water partition coefficient (Wildman–Crippen LogP) is 5.41. The van der Waals surface area contributed by atoms with Gasteiger partial charge in [-0.05, 0) is 72.0 Å². The molecule has 3 heterocycles. The Morgan fingerprint density at radius 1 is 0.974 bits per heavy atom. The van der Waals surface area contributed by atoms with Crippen LogP contribution in [0.3, 0.4) is 0 Å². The van der Waals surface area contributed by atoms with Gasteiger partial charge in [-0.15, -0.1) is 0 Å². The molecule has 0 saturated carbocycles. The molecular weight excluding hydrogens is 491 g/mol. The molecule has 38 heavy (non-hydrogen) atoms. The van der Waals surface area contributed by atoms with E-state index in [4.69, 9.17) is 4.98 Å². The van der Waals surface area contributed by atoms with Crippen LogP contribution in [0.15, 0.2) is 54.6 Å². The van der Waals surface area contributed by atoms with Crippen LogP contribution in [0.2, 0.25) is 0 Å². The summed E-state index contributed by atoms with van der Waals surface area (Å²) in [6, 6.07) is 15.0. The molecular formula is C29H26F3N5O. The first-order valence-corrected chi connectivity index (χ1v) is 13.0. The second kappa shape index (κ2) is 8.68. The molecule has 0 spiro atoms. The number of fused-ring (bicyclic) bond motifs is 4. The number of aromatic amines is 1. The van der Waals surface area contributed by atoms with E-state index in [0.29, 0.717) is 16.7 Å². The molecule has 2 saturated heterocycles. The van der Waals surface area contributed by atoms with E-state index >= 15 is 8.78 Å². The van der Waals surface area contributed by atoms with E-state index in [1.807, 2.05) is 24.3 Å². The van der Waals surface area contributed by atoms with Gasteiger partial charge in [0.2, 0.25) is 5.91 Å². The van der Waals surface area contributed by atoms with Crippen LogP contribution in [-0.4, -0.2) is 41.2 Å². The summed E-state index contributed by atoms with van der Waals surface area (Å²) in [6.45, 7) is 1.09. The summed E-state index contributed by atoms with van der Waals surface area (Å²) < 4.78 is 44.9. The molecule has 4 aromatic rings. The van der Waals surface area contributed by atoms with Gasteiger partial charge >= 0.3 is 0 Å². The average Bonchev–Trinajstić information content (AvgIpc) is 3.70. The van der Waals surface area contributed by atoms with Crippen molar-refractivity contribution >= 4 is 22.6 Å². The highest BCUT2D eigenvalue weighted by Crippen LogP contribution is 2.52. The number of H-pyrrole nitrogens is 1. The van der Waals surface area contributed by atoms with Crippen molar-refractivity contribution in [2.24, 2.45) is 0 Å². The Balaban J connectivity index is 1.18. The highest BCUT2D eigenvalue weighted by molar-refractivity contribution is 5.96. The second-order valence-corrected chi connectivity index (χ2v) is 10.4. The molecule has 3 atom stereocenters. The van der Waals surface area contributed by atoms with Crippen molar-refractivity contribution in [3.8, 4) is 22.3 Å². The predicted molar refractivity (Wildman–Crippen MR) is 140 cm³/mol. The molecule has 194 valence electrons. The fraction of sp³-hybridized carbons (Fsp3) is 0.310. The fourth-order valence-corrected chi connectivity index (χ4v) is 5.89. The highest BCUT2D eigenvalue weighted by atomic mass is 19.3. The van der Waals surface area contributed by atoms with E-state index in [2.05, 4.69) is 20.9 Å². The number of nitrogens with zero attached hydrogens (tertiary/aromatic N) is 1. The molecule has 3 aromatic carbocycles. The summed E-state index contributed by atoms with van der Waals surface area (Å²) in [4.78, 5) is 20.6. The minimum atomic E-state index is -3.23. The number of nitrogens with one attached hydrogen (secondary N) is 4. The van der Waals surface area contributed by atoms with E-state index in [9.17, 15) is 9.18 Å². The van der Waals surface area contributed by atoms with Crippen LogP contribution in [0.4, 0.5) is 18.9 Å². The van der Waals surface area contributed by atoms with E-state index < -0.39 is 24.0 Å². The summed E-state index contributed by atoms with van der Waals surface area (Å²) in [5.74, 6) is -2.75. The number of amides is 1. The van der Waals surface area contributed by atoms with Crippen molar-refractivity contribution < 1.29 is 18.0 Å². The number of aromatic nitrogens is 2. The minimum absolute atomic E-state index is 0.0632. The molecule has 1 amide bonds. The summed E-state index contributed by atoms with van der Waals surface area (Å²) >= 11 is 0. The first-order valence-electron chi connectivity index (χ1n) is 13.0. The third kappa shape index (κ3) is 3.80. The number of carbonyl (C=O) groups is 1. The summed E-state index contributed by atoms with van der Waals surface area (Å²) in [7, 11) is 0. The first-order chi connectivity index (χ1) is 18.4. The van der Waals surface area contributed by atoms with Crippen molar-refractivity contribution in [1.29, 1.82) is 0 Å². The molecule has 0 radical (unpaired) electrons. The van der Waals surface area contributed by atoms with Gasteiger partial charge in [-0.2, -0.15) is 8.78 Å². The molecule has 6 nitrogen and oxygen atoms in total. The lowest BCUT2D eigenvalue weighted by Gasteiger charge is -2.15. The van der Waals surface area contributed by atoms with Crippen LogP contribution in [0.25, 0.3) is 33.3 Å². The fourth-order valence-electron chi connectivity index (χ4n) is 5.89. The Hall–Kier alpha value is -3.69. The largest absolute Gasteiger partial charge is 0.341 e. The summed E-state index contributed by atoms with van der Waals surface area (Å²) in [6.07, 6.45) is 1.14. The SMILES string of the molecule is O=C(Nc1ccc2c(c1)C(F)(F)c1cc(-c3ccc4nc([C@@H]5CCCN5)[nH]c4c3)ccc1-2)[C@@H]1C[C@H](F)CN1. The van der Waals surface area contributed by atoms with Crippen LogP contribution >= 0.6 is 0 Å². The van der Waals surface area contributed by atoms with E-state index in [1.165, 1.54) is 6.07 Å². The zero-order valence-electron chi connectivity index (χ0n) is 20.5. The monoisotopic (exact) mass is 517 g/mol. The zero-order chi connectivity index (χ0) is 26.0. The van der Waals surface area contributed by atoms with Crippen LogP contribution in [0.5, 0.6) is 0 Å². The zero-order valence-corrected chi connectivity index (χ0v) is 20.5. The van der Waals surface area contributed by atoms with Gasteiger partial charge in [-0.25, -0.2) is 9.37 Å². The minimum Gasteiger partial charge on any atom is -0.341 e. The lowest BCUT2D eigenvalue weighted by atomic mass is 9.98.